The number of benzene rings is 1. The zero-order valence-corrected chi connectivity index (χ0v) is 8.61. The molecule has 0 aliphatic carbocycles. The second-order valence-electron chi connectivity index (χ2n) is 2.13. The smallest absolute Gasteiger partial charge is 0.0560 e. The molecule has 0 amide bonds. The Balaban J connectivity index is 2.97. The third kappa shape index (κ3) is 2.53. The zero-order valence-electron chi connectivity index (χ0n) is 6.27. The summed E-state index contributed by atoms with van der Waals surface area (Å²) in [6.07, 6.45) is 0. The molecule has 0 fully saturated rings. The van der Waals surface area contributed by atoms with Gasteiger partial charge in [-0.2, -0.15) is 0 Å². The van der Waals surface area contributed by atoms with Crippen molar-refractivity contribution in [1.29, 1.82) is 0 Å². The van der Waals surface area contributed by atoms with E-state index < -0.39 is 0 Å². The molecule has 3 heteroatoms. The van der Waals surface area contributed by atoms with E-state index in [2.05, 4.69) is 27.8 Å². The summed E-state index contributed by atoms with van der Waals surface area (Å²) in [6.45, 7) is 0.369. The van der Waals surface area contributed by atoms with Crippen molar-refractivity contribution in [2.24, 2.45) is 5.73 Å². The molecule has 12 heavy (non-hydrogen) atoms. The van der Waals surface area contributed by atoms with E-state index in [1.807, 2.05) is 12.1 Å². The summed E-state index contributed by atoms with van der Waals surface area (Å²) in [6, 6.07) is 5.55. The van der Waals surface area contributed by atoms with Gasteiger partial charge in [-0.25, -0.2) is 0 Å². The average molecular weight is 245 g/mol. The minimum atomic E-state index is 0.369. The van der Waals surface area contributed by atoms with E-state index in [1.165, 1.54) is 0 Å². The minimum Gasteiger partial charge on any atom is -0.320 e. The number of halogens is 2. The normalized spacial score (nSPS) is 8.92. The fourth-order valence-electron chi connectivity index (χ4n) is 0.727. The van der Waals surface area contributed by atoms with Gasteiger partial charge in [0, 0.05) is 10.0 Å². The standard InChI is InChI=1S/C9H7BrClN/c10-8-4-3-7(2-1-5-12)6-9(8)11/h3-4,6H,5,12H2. The van der Waals surface area contributed by atoms with E-state index in [-0.39, 0.29) is 0 Å². The molecule has 0 saturated heterocycles. The topological polar surface area (TPSA) is 26.0 Å². The molecule has 1 rings (SSSR count). The summed E-state index contributed by atoms with van der Waals surface area (Å²) in [7, 11) is 0. The molecule has 1 aromatic carbocycles. The van der Waals surface area contributed by atoms with E-state index in [0.29, 0.717) is 11.6 Å². The molecular weight excluding hydrogens is 237 g/mol. The second-order valence-corrected chi connectivity index (χ2v) is 3.40. The zero-order chi connectivity index (χ0) is 8.97. The van der Waals surface area contributed by atoms with Crippen molar-refractivity contribution in [2.75, 3.05) is 6.54 Å². The summed E-state index contributed by atoms with van der Waals surface area (Å²) in [4.78, 5) is 0. The Morgan fingerprint density at radius 1 is 1.50 bits per heavy atom. The van der Waals surface area contributed by atoms with Crippen molar-refractivity contribution >= 4 is 27.5 Å². The van der Waals surface area contributed by atoms with Gasteiger partial charge in [-0.15, -0.1) is 0 Å². The van der Waals surface area contributed by atoms with Gasteiger partial charge in [0.25, 0.3) is 0 Å². The van der Waals surface area contributed by atoms with Gasteiger partial charge in [0.1, 0.15) is 0 Å². The molecule has 0 bridgehead atoms. The van der Waals surface area contributed by atoms with Crippen molar-refractivity contribution in [2.45, 2.75) is 0 Å². The molecule has 0 radical (unpaired) electrons. The highest BCUT2D eigenvalue weighted by Gasteiger charge is 1.95. The first-order valence-corrected chi connectivity index (χ1v) is 4.55. The maximum Gasteiger partial charge on any atom is 0.0560 e. The van der Waals surface area contributed by atoms with Gasteiger partial charge in [0.15, 0.2) is 0 Å². The van der Waals surface area contributed by atoms with Gasteiger partial charge in [0.05, 0.1) is 11.6 Å². The van der Waals surface area contributed by atoms with E-state index in [1.54, 1.807) is 6.07 Å². The summed E-state index contributed by atoms with van der Waals surface area (Å²) in [5.41, 5.74) is 6.11. The van der Waals surface area contributed by atoms with Crippen molar-refractivity contribution in [3.05, 3.63) is 33.3 Å². The fourth-order valence-corrected chi connectivity index (χ4v) is 1.15. The van der Waals surface area contributed by atoms with E-state index in [0.717, 1.165) is 10.0 Å². The Hall–Kier alpha value is -0.490. The molecule has 0 spiro atoms. The molecule has 1 aromatic rings. The maximum absolute atomic E-state index is 5.85. The van der Waals surface area contributed by atoms with Crippen LogP contribution in [0.5, 0.6) is 0 Å². The minimum absolute atomic E-state index is 0.369. The van der Waals surface area contributed by atoms with Crippen LogP contribution in [0, 0.1) is 11.8 Å². The van der Waals surface area contributed by atoms with Crippen molar-refractivity contribution in [3.63, 3.8) is 0 Å². The Morgan fingerprint density at radius 2 is 2.25 bits per heavy atom. The van der Waals surface area contributed by atoms with Crippen molar-refractivity contribution in [1.82, 2.24) is 0 Å². The second kappa shape index (κ2) is 4.51. The molecule has 2 N–H and O–H groups in total. The summed E-state index contributed by atoms with van der Waals surface area (Å²) in [5.74, 6) is 5.65. The maximum atomic E-state index is 5.85. The van der Waals surface area contributed by atoms with E-state index in [9.17, 15) is 0 Å². The molecule has 0 unspecified atom stereocenters. The first kappa shape index (κ1) is 9.60. The molecule has 62 valence electrons. The van der Waals surface area contributed by atoms with Gasteiger partial charge < -0.3 is 5.73 Å². The predicted octanol–water partition coefficient (Wildman–Crippen LogP) is 2.41. The fraction of sp³-hybridized carbons (Fsp3) is 0.111. The lowest BCUT2D eigenvalue weighted by Gasteiger charge is -1.94. The lowest BCUT2D eigenvalue weighted by molar-refractivity contribution is 1.30. The third-order valence-electron chi connectivity index (χ3n) is 1.25. The van der Waals surface area contributed by atoms with Gasteiger partial charge >= 0.3 is 0 Å². The van der Waals surface area contributed by atoms with Crippen LogP contribution in [-0.2, 0) is 0 Å². The van der Waals surface area contributed by atoms with Crippen LogP contribution < -0.4 is 5.73 Å². The highest BCUT2D eigenvalue weighted by molar-refractivity contribution is 9.10. The van der Waals surface area contributed by atoms with Gasteiger partial charge in [-0.3, -0.25) is 0 Å². The molecule has 0 aromatic heterocycles. The van der Waals surface area contributed by atoms with Crippen LogP contribution >= 0.6 is 27.5 Å². The van der Waals surface area contributed by atoms with Gasteiger partial charge in [-0.1, -0.05) is 23.4 Å². The predicted molar refractivity (Wildman–Crippen MR) is 55.1 cm³/mol. The van der Waals surface area contributed by atoms with Crippen LogP contribution in [0.2, 0.25) is 5.02 Å². The van der Waals surface area contributed by atoms with Crippen molar-refractivity contribution in [3.8, 4) is 11.8 Å². The Kier molecular flexibility index (Phi) is 3.61. The van der Waals surface area contributed by atoms with Gasteiger partial charge in [-0.05, 0) is 34.1 Å². The Bertz CT molecular complexity index is 338. The summed E-state index contributed by atoms with van der Waals surface area (Å²) >= 11 is 9.14. The van der Waals surface area contributed by atoms with Crippen molar-refractivity contribution < 1.29 is 0 Å². The SMILES string of the molecule is NCC#Cc1ccc(Br)c(Cl)c1. The summed E-state index contributed by atoms with van der Waals surface area (Å²) < 4.78 is 0.877. The highest BCUT2D eigenvalue weighted by Crippen LogP contribution is 2.22. The summed E-state index contributed by atoms with van der Waals surface area (Å²) in [5, 5.41) is 0.666. The van der Waals surface area contributed by atoms with Crippen LogP contribution in [0.1, 0.15) is 5.56 Å². The average Bonchev–Trinajstić information content (AvgIpc) is 2.07. The molecular formula is C9H7BrClN. The lowest BCUT2D eigenvalue weighted by atomic mass is 10.2. The molecule has 0 aliphatic heterocycles. The molecule has 1 nitrogen and oxygen atoms in total. The van der Waals surface area contributed by atoms with Crippen LogP contribution in [0.3, 0.4) is 0 Å². The number of hydrogen-bond acceptors (Lipinski definition) is 1. The number of hydrogen-bond donors (Lipinski definition) is 1. The van der Waals surface area contributed by atoms with Crippen LogP contribution in [-0.4, -0.2) is 6.54 Å². The third-order valence-corrected chi connectivity index (χ3v) is 2.49. The number of nitrogens with two attached hydrogens (primary N) is 1. The van der Waals surface area contributed by atoms with E-state index in [4.69, 9.17) is 17.3 Å². The largest absolute Gasteiger partial charge is 0.320 e. The molecule has 0 atom stereocenters. The Morgan fingerprint density at radius 3 is 2.83 bits per heavy atom. The Labute approximate surface area is 85.0 Å². The van der Waals surface area contributed by atoms with Crippen LogP contribution in [0.4, 0.5) is 0 Å². The monoisotopic (exact) mass is 243 g/mol. The van der Waals surface area contributed by atoms with Crippen LogP contribution in [0.25, 0.3) is 0 Å². The van der Waals surface area contributed by atoms with E-state index >= 15 is 0 Å². The number of rotatable bonds is 0. The molecule has 0 heterocycles. The van der Waals surface area contributed by atoms with Crippen LogP contribution in [0.15, 0.2) is 22.7 Å². The van der Waals surface area contributed by atoms with Gasteiger partial charge in [0.2, 0.25) is 0 Å². The first-order valence-electron chi connectivity index (χ1n) is 3.38. The first-order chi connectivity index (χ1) is 5.74. The molecule has 0 aliphatic rings. The quantitative estimate of drug-likeness (QED) is 0.697. The lowest BCUT2D eigenvalue weighted by Crippen LogP contribution is -1.92. The molecule has 0 saturated carbocycles. The highest BCUT2D eigenvalue weighted by atomic mass is 79.9.